The monoisotopic (exact) mass is 609 g/mol. The number of nitrogens with zero attached hydrogens (tertiary/aromatic N) is 5. The molecule has 2 N–H and O–H groups in total. The number of halogens is 1. The summed E-state index contributed by atoms with van der Waals surface area (Å²) in [6.07, 6.45) is 16.6. The highest BCUT2D eigenvalue weighted by Crippen LogP contribution is 2.47. The number of benzene rings is 1. The summed E-state index contributed by atoms with van der Waals surface area (Å²) in [5.41, 5.74) is 1.29. The van der Waals surface area contributed by atoms with Crippen LogP contribution in [0.2, 0.25) is 5.02 Å². The number of amides is 2. The molecule has 1 aromatic carbocycles. The molecule has 2 saturated heterocycles. The maximum Gasteiger partial charge on any atom is 0.240 e. The Kier molecular flexibility index (Phi) is 10.00. The summed E-state index contributed by atoms with van der Waals surface area (Å²) in [5.74, 6) is 1.12. The van der Waals surface area contributed by atoms with E-state index in [4.69, 9.17) is 11.6 Å². The molecule has 0 spiro atoms. The number of likely N-dealkylation sites (tertiary alicyclic amines) is 1. The maximum atomic E-state index is 14.3. The predicted molar refractivity (Wildman–Crippen MR) is 168 cm³/mol. The van der Waals surface area contributed by atoms with Crippen LogP contribution in [0.1, 0.15) is 76.2 Å². The van der Waals surface area contributed by atoms with Crippen molar-refractivity contribution in [1.82, 2.24) is 35.2 Å². The zero-order chi connectivity index (χ0) is 29.6. The van der Waals surface area contributed by atoms with E-state index in [1.54, 1.807) is 6.33 Å². The van der Waals surface area contributed by atoms with Crippen LogP contribution in [0, 0.1) is 11.3 Å². The molecule has 2 saturated carbocycles. The molecule has 2 aliphatic carbocycles. The highest BCUT2D eigenvalue weighted by atomic mass is 35.5. The van der Waals surface area contributed by atoms with Gasteiger partial charge in [-0.2, -0.15) is 5.10 Å². The zero-order valence-corrected chi connectivity index (χ0v) is 26.2. The van der Waals surface area contributed by atoms with Crippen LogP contribution in [0.25, 0.3) is 0 Å². The minimum absolute atomic E-state index is 0.170. The molecule has 1 atom stereocenters. The van der Waals surface area contributed by atoms with Crippen LogP contribution >= 0.6 is 11.6 Å². The Balaban J connectivity index is 1.12. The number of nitrogens with one attached hydrogen (secondary N) is 2. The fourth-order valence-corrected chi connectivity index (χ4v) is 8.49. The van der Waals surface area contributed by atoms with Gasteiger partial charge in [-0.15, -0.1) is 0 Å². The molecule has 4 aliphatic rings. The third-order valence-corrected chi connectivity index (χ3v) is 11.1. The smallest absolute Gasteiger partial charge is 0.240 e. The van der Waals surface area contributed by atoms with E-state index in [1.165, 1.54) is 32.1 Å². The molecule has 234 valence electrons. The Hall–Kier alpha value is -2.49. The third-order valence-electron chi connectivity index (χ3n) is 10.8. The lowest BCUT2D eigenvalue weighted by Crippen LogP contribution is -2.57. The minimum atomic E-state index is -0.277. The number of rotatable bonds is 9. The van der Waals surface area contributed by atoms with Crippen LogP contribution in [0.3, 0.4) is 0 Å². The first-order chi connectivity index (χ1) is 21.0. The van der Waals surface area contributed by atoms with E-state index in [9.17, 15) is 9.59 Å². The van der Waals surface area contributed by atoms with E-state index in [1.807, 2.05) is 35.3 Å². The van der Waals surface area contributed by atoms with Crippen molar-refractivity contribution in [2.75, 3.05) is 32.7 Å². The number of hydrogen-bond donors (Lipinski definition) is 2. The number of piperazine rings is 1. The van der Waals surface area contributed by atoms with E-state index in [2.05, 4.69) is 30.5 Å². The normalized spacial score (nSPS) is 25.9. The molecule has 3 heterocycles. The van der Waals surface area contributed by atoms with E-state index in [-0.39, 0.29) is 29.3 Å². The number of aromatic nitrogens is 3. The van der Waals surface area contributed by atoms with Gasteiger partial charge in [0.15, 0.2) is 0 Å². The second-order valence-corrected chi connectivity index (χ2v) is 13.9. The number of carbonyl (C=O) groups excluding carboxylic acids is 2. The molecule has 43 heavy (non-hydrogen) atoms. The summed E-state index contributed by atoms with van der Waals surface area (Å²) in [7, 11) is 0. The van der Waals surface area contributed by atoms with Gasteiger partial charge in [0, 0.05) is 49.8 Å². The standard InChI is InChI=1S/C33H48ClN7O2/c34-27-8-6-25(7-9-27)20-30(38-28-10-12-29(13-11-28)41-19-16-35-21-31(41)42)32(43)39-17-14-33(15-18-39,22-40-24-36-23-37-40)26-4-2-1-3-5-26/h6-9,23-24,26,28-30,35,38H,1-5,10-22H2/t28?,29?,30-/m1/s1. The number of carbonyl (C=O) groups is 2. The Morgan fingerprint density at radius 2 is 1.77 bits per heavy atom. The minimum Gasteiger partial charge on any atom is -0.341 e. The van der Waals surface area contributed by atoms with Crippen molar-refractivity contribution in [2.24, 2.45) is 11.3 Å². The molecule has 9 nitrogen and oxygen atoms in total. The Morgan fingerprint density at radius 3 is 2.44 bits per heavy atom. The van der Waals surface area contributed by atoms with Crippen LogP contribution in [-0.4, -0.2) is 87.2 Å². The van der Waals surface area contributed by atoms with Gasteiger partial charge in [-0.25, -0.2) is 4.98 Å². The molecule has 2 amide bonds. The largest absolute Gasteiger partial charge is 0.341 e. The number of piperidine rings is 1. The average Bonchev–Trinajstić information content (AvgIpc) is 3.56. The van der Waals surface area contributed by atoms with Crippen molar-refractivity contribution in [1.29, 1.82) is 0 Å². The highest BCUT2D eigenvalue weighted by Gasteiger charge is 2.44. The Morgan fingerprint density at radius 1 is 1.02 bits per heavy atom. The molecule has 4 fully saturated rings. The van der Waals surface area contributed by atoms with Crippen molar-refractivity contribution in [3.05, 3.63) is 47.5 Å². The molecular weight excluding hydrogens is 562 g/mol. The molecule has 2 aromatic rings. The Labute approximate surface area is 261 Å². The van der Waals surface area contributed by atoms with Gasteiger partial charge in [-0.05, 0) is 86.8 Å². The first-order valence-electron chi connectivity index (χ1n) is 16.6. The molecule has 6 rings (SSSR count). The summed E-state index contributed by atoms with van der Waals surface area (Å²) < 4.78 is 2.02. The van der Waals surface area contributed by atoms with Crippen LogP contribution in [0.15, 0.2) is 36.9 Å². The quantitative estimate of drug-likeness (QED) is 0.445. The third kappa shape index (κ3) is 7.43. The SMILES string of the molecule is O=C([C@@H](Cc1ccc(Cl)cc1)NC1CCC(N2CCNCC2=O)CC1)N1CCC(Cn2cncn2)(C2CCCCC2)CC1. The lowest BCUT2D eigenvalue weighted by molar-refractivity contribution is -0.137. The van der Waals surface area contributed by atoms with Crippen LogP contribution in [-0.2, 0) is 22.6 Å². The fraction of sp³-hybridized carbons (Fsp3) is 0.697. The molecule has 2 aliphatic heterocycles. The van der Waals surface area contributed by atoms with Crippen LogP contribution < -0.4 is 10.6 Å². The van der Waals surface area contributed by atoms with Crippen LogP contribution in [0.4, 0.5) is 0 Å². The van der Waals surface area contributed by atoms with Crippen molar-refractivity contribution < 1.29 is 9.59 Å². The number of hydrogen-bond acceptors (Lipinski definition) is 6. The first kappa shape index (κ1) is 30.5. The van der Waals surface area contributed by atoms with Gasteiger partial charge in [0.2, 0.25) is 11.8 Å². The van der Waals surface area contributed by atoms with E-state index >= 15 is 0 Å². The Bertz CT molecular complexity index is 1180. The zero-order valence-electron chi connectivity index (χ0n) is 25.4. The van der Waals surface area contributed by atoms with Gasteiger partial charge in [0.25, 0.3) is 0 Å². The molecule has 0 unspecified atom stereocenters. The molecule has 1 aromatic heterocycles. The topological polar surface area (TPSA) is 95.4 Å². The first-order valence-corrected chi connectivity index (χ1v) is 17.0. The summed E-state index contributed by atoms with van der Waals surface area (Å²) in [5, 5.41) is 12.2. The second kappa shape index (κ2) is 14.1. The van der Waals surface area contributed by atoms with Gasteiger partial charge in [0.1, 0.15) is 12.7 Å². The lowest BCUT2D eigenvalue weighted by Gasteiger charge is -2.48. The summed E-state index contributed by atoms with van der Waals surface area (Å²) >= 11 is 6.18. The maximum absolute atomic E-state index is 14.3. The molecule has 10 heteroatoms. The predicted octanol–water partition coefficient (Wildman–Crippen LogP) is 4.06. The van der Waals surface area contributed by atoms with Crippen LogP contribution in [0.5, 0.6) is 0 Å². The summed E-state index contributed by atoms with van der Waals surface area (Å²) in [6.45, 7) is 4.60. The van der Waals surface area contributed by atoms with Crippen molar-refractivity contribution >= 4 is 23.4 Å². The van der Waals surface area contributed by atoms with E-state index in [0.717, 1.165) is 76.8 Å². The molecule has 0 bridgehead atoms. The van der Waals surface area contributed by atoms with Crippen molar-refractivity contribution in [3.8, 4) is 0 Å². The molecular formula is C33H48ClN7O2. The van der Waals surface area contributed by atoms with Crippen molar-refractivity contribution in [3.63, 3.8) is 0 Å². The van der Waals surface area contributed by atoms with E-state index in [0.29, 0.717) is 29.9 Å². The van der Waals surface area contributed by atoms with Gasteiger partial charge in [0.05, 0.1) is 12.6 Å². The summed E-state index contributed by atoms with van der Waals surface area (Å²) in [6, 6.07) is 8.22. The van der Waals surface area contributed by atoms with E-state index < -0.39 is 0 Å². The fourth-order valence-electron chi connectivity index (χ4n) is 8.36. The highest BCUT2D eigenvalue weighted by molar-refractivity contribution is 6.30. The molecule has 0 radical (unpaired) electrons. The van der Waals surface area contributed by atoms with Gasteiger partial charge in [-0.1, -0.05) is 43.0 Å². The van der Waals surface area contributed by atoms with Gasteiger partial charge in [-0.3, -0.25) is 14.3 Å². The van der Waals surface area contributed by atoms with Crippen molar-refractivity contribution in [2.45, 2.75) is 102 Å². The summed E-state index contributed by atoms with van der Waals surface area (Å²) in [4.78, 5) is 35.1. The lowest BCUT2D eigenvalue weighted by atomic mass is 9.63. The second-order valence-electron chi connectivity index (χ2n) is 13.4. The van der Waals surface area contributed by atoms with Gasteiger partial charge >= 0.3 is 0 Å². The van der Waals surface area contributed by atoms with Gasteiger partial charge < -0.3 is 20.4 Å². The average molecular weight is 610 g/mol.